The van der Waals surface area contributed by atoms with Crippen molar-refractivity contribution in [2.45, 2.75) is 25.0 Å². The zero-order valence-electron chi connectivity index (χ0n) is 16.4. The Morgan fingerprint density at radius 3 is 2.61 bits per heavy atom. The summed E-state index contributed by atoms with van der Waals surface area (Å²) in [4.78, 5) is 38.0. The minimum atomic E-state index is -0.972. The van der Waals surface area contributed by atoms with Crippen molar-refractivity contribution in [3.8, 4) is 0 Å². The summed E-state index contributed by atoms with van der Waals surface area (Å²) in [5, 5.41) is 22.7. The van der Waals surface area contributed by atoms with Crippen LogP contribution in [0.4, 0.5) is 5.69 Å². The molecule has 1 amide bonds. The van der Waals surface area contributed by atoms with Gasteiger partial charge in [-0.2, -0.15) is 0 Å². The average molecular weight is 443 g/mol. The molecule has 0 bridgehead atoms. The molecule has 0 aromatic heterocycles. The van der Waals surface area contributed by atoms with Crippen LogP contribution in [0.5, 0.6) is 0 Å². The van der Waals surface area contributed by atoms with Crippen LogP contribution in [0.25, 0.3) is 5.76 Å². The highest BCUT2D eigenvalue weighted by atomic mass is 35.5. The molecule has 2 atom stereocenters. The van der Waals surface area contributed by atoms with Gasteiger partial charge in [-0.25, -0.2) is 0 Å². The normalized spacial score (nSPS) is 22.8. The molecule has 2 aromatic rings. The maximum Gasteiger partial charge on any atom is 0.295 e. The third kappa shape index (κ3) is 4.04. The lowest BCUT2D eigenvalue weighted by molar-refractivity contribution is -0.384. The summed E-state index contributed by atoms with van der Waals surface area (Å²) >= 11 is 5.91. The maximum atomic E-state index is 13.0. The Morgan fingerprint density at radius 2 is 1.97 bits per heavy atom. The van der Waals surface area contributed by atoms with Gasteiger partial charge >= 0.3 is 0 Å². The molecule has 2 fully saturated rings. The fourth-order valence-electron chi connectivity index (χ4n) is 3.99. The van der Waals surface area contributed by atoms with Crippen molar-refractivity contribution in [3.63, 3.8) is 0 Å². The molecule has 0 radical (unpaired) electrons. The van der Waals surface area contributed by atoms with Gasteiger partial charge in [0.2, 0.25) is 0 Å². The number of non-ortho nitro benzene ring substituents is 1. The molecule has 2 aromatic carbocycles. The highest BCUT2D eigenvalue weighted by molar-refractivity contribution is 6.46. The molecule has 8 nitrogen and oxygen atoms in total. The van der Waals surface area contributed by atoms with Crippen LogP contribution in [-0.2, 0) is 14.3 Å². The first-order chi connectivity index (χ1) is 14.9. The zero-order valence-corrected chi connectivity index (χ0v) is 17.1. The van der Waals surface area contributed by atoms with Gasteiger partial charge in [-0.15, -0.1) is 0 Å². The number of ether oxygens (including phenoxy) is 1. The summed E-state index contributed by atoms with van der Waals surface area (Å²) in [5.41, 5.74) is 0.384. The topological polar surface area (TPSA) is 110 Å². The molecule has 0 spiro atoms. The van der Waals surface area contributed by atoms with Crippen LogP contribution >= 0.6 is 11.6 Å². The highest BCUT2D eigenvalue weighted by Crippen LogP contribution is 2.40. The molecule has 2 heterocycles. The van der Waals surface area contributed by atoms with E-state index >= 15 is 0 Å². The number of nitro groups is 1. The maximum absolute atomic E-state index is 13.0. The number of benzene rings is 2. The summed E-state index contributed by atoms with van der Waals surface area (Å²) in [6, 6.07) is 10.9. The molecule has 160 valence electrons. The second-order valence-corrected chi connectivity index (χ2v) is 7.88. The second-order valence-electron chi connectivity index (χ2n) is 7.45. The van der Waals surface area contributed by atoms with E-state index < -0.39 is 22.7 Å². The second kappa shape index (κ2) is 8.49. The average Bonchev–Trinajstić information content (AvgIpc) is 3.36. The fourth-order valence-corrected chi connectivity index (χ4v) is 4.12. The van der Waals surface area contributed by atoms with Gasteiger partial charge in [0.05, 0.1) is 22.6 Å². The number of halogens is 1. The van der Waals surface area contributed by atoms with E-state index in [-0.39, 0.29) is 29.7 Å². The van der Waals surface area contributed by atoms with Crippen molar-refractivity contribution < 1.29 is 24.4 Å². The van der Waals surface area contributed by atoms with Crippen LogP contribution in [0, 0.1) is 10.1 Å². The monoisotopic (exact) mass is 442 g/mol. The number of nitro benzene ring substituents is 1. The molecule has 1 N–H and O–H groups in total. The smallest absolute Gasteiger partial charge is 0.295 e. The molecule has 0 unspecified atom stereocenters. The van der Waals surface area contributed by atoms with Crippen LogP contribution < -0.4 is 0 Å². The molecule has 2 aliphatic rings. The number of nitrogens with zero attached hydrogens (tertiary/aromatic N) is 2. The first kappa shape index (κ1) is 21.0. The fraction of sp³-hybridized carbons (Fsp3) is 0.273. The van der Waals surface area contributed by atoms with E-state index in [1.807, 2.05) is 0 Å². The van der Waals surface area contributed by atoms with Crippen molar-refractivity contribution in [2.75, 3.05) is 13.2 Å². The predicted molar refractivity (Wildman–Crippen MR) is 113 cm³/mol. The Bertz CT molecular complexity index is 1080. The van der Waals surface area contributed by atoms with E-state index in [1.54, 1.807) is 18.2 Å². The molecule has 4 rings (SSSR count). The van der Waals surface area contributed by atoms with E-state index in [9.17, 15) is 24.8 Å². The SMILES string of the molecule is O=C1C(=O)N(C[C@H]2CCCO2)[C@@H](c2cccc([N+](=O)[O-])c2)C1=C(O)c1ccc(Cl)cc1. The lowest BCUT2D eigenvalue weighted by atomic mass is 9.95. The summed E-state index contributed by atoms with van der Waals surface area (Å²) in [5.74, 6) is -1.98. The minimum Gasteiger partial charge on any atom is -0.507 e. The first-order valence-corrected chi connectivity index (χ1v) is 10.1. The quantitative estimate of drug-likeness (QED) is 0.247. The number of Topliss-reactive ketones (excluding diaryl/α,β-unsaturated/α-hetero) is 1. The van der Waals surface area contributed by atoms with Gasteiger partial charge < -0.3 is 14.7 Å². The minimum absolute atomic E-state index is 0.120. The number of ketones is 1. The lowest BCUT2D eigenvalue weighted by Crippen LogP contribution is -2.36. The number of carbonyl (C=O) groups excluding carboxylic acids is 2. The van der Waals surface area contributed by atoms with Crippen molar-refractivity contribution in [1.82, 2.24) is 4.90 Å². The van der Waals surface area contributed by atoms with Gasteiger partial charge in [-0.05, 0) is 42.7 Å². The number of aliphatic hydroxyl groups is 1. The highest BCUT2D eigenvalue weighted by Gasteiger charge is 2.47. The largest absolute Gasteiger partial charge is 0.507 e. The number of hydrogen-bond acceptors (Lipinski definition) is 6. The number of amides is 1. The predicted octanol–water partition coefficient (Wildman–Crippen LogP) is 3.85. The van der Waals surface area contributed by atoms with Gasteiger partial charge in [0.15, 0.2) is 0 Å². The van der Waals surface area contributed by atoms with Gasteiger partial charge in [-0.3, -0.25) is 19.7 Å². The number of carbonyl (C=O) groups is 2. The first-order valence-electron chi connectivity index (χ1n) is 9.77. The Morgan fingerprint density at radius 1 is 1.23 bits per heavy atom. The molecule has 0 saturated carbocycles. The summed E-state index contributed by atoms with van der Waals surface area (Å²) < 4.78 is 5.63. The van der Waals surface area contributed by atoms with Crippen molar-refractivity contribution >= 4 is 34.7 Å². The third-order valence-electron chi connectivity index (χ3n) is 5.48. The van der Waals surface area contributed by atoms with E-state index in [2.05, 4.69) is 0 Å². The van der Waals surface area contributed by atoms with Crippen molar-refractivity contribution in [1.29, 1.82) is 0 Å². The van der Waals surface area contributed by atoms with E-state index in [0.29, 0.717) is 22.8 Å². The van der Waals surface area contributed by atoms with Crippen molar-refractivity contribution in [3.05, 3.63) is 80.4 Å². The van der Waals surface area contributed by atoms with Crippen LogP contribution in [0.3, 0.4) is 0 Å². The van der Waals surface area contributed by atoms with E-state index in [4.69, 9.17) is 16.3 Å². The van der Waals surface area contributed by atoms with E-state index in [1.165, 1.54) is 35.2 Å². The van der Waals surface area contributed by atoms with Crippen LogP contribution in [0.2, 0.25) is 5.02 Å². The van der Waals surface area contributed by atoms with Crippen LogP contribution in [0.1, 0.15) is 30.0 Å². The number of aliphatic hydroxyl groups excluding tert-OH is 1. The Kier molecular flexibility index (Phi) is 5.75. The Labute approximate surface area is 182 Å². The van der Waals surface area contributed by atoms with Gasteiger partial charge in [0.25, 0.3) is 17.4 Å². The van der Waals surface area contributed by atoms with Gasteiger partial charge in [0.1, 0.15) is 5.76 Å². The molecular formula is C22H19ClN2O6. The van der Waals surface area contributed by atoms with E-state index in [0.717, 1.165) is 12.8 Å². The van der Waals surface area contributed by atoms with Gasteiger partial charge in [-0.1, -0.05) is 23.7 Å². The number of hydrogen-bond donors (Lipinski definition) is 1. The number of rotatable bonds is 5. The molecular weight excluding hydrogens is 424 g/mol. The Hall–Kier alpha value is -3.23. The molecule has 0 aliphatic carbocycles. The number of likely N-dealkylation sites (tertiary alicyclic amines) is 1. The van der Waals surface area contributed by atoms with Crippen LogP contribution in [-0.4, -0.2) is 45.9 Å². The molecule has 31 heavy (non-hydrogen) atoms. The zero-order chi connectivity index (χ0) is 22.1. The Balaban J connectivity index is 1.85. The van der Waals surface area contributed by atoms with Crippen LogP contribution in [0.15, 0.2) is 54.1 Å². The van der Waals surface area contributed by atoms with Gasteiger partial charge in [0, 0.05) is 35.9 Å². The van der Waals surface area contributed by atoms with Crippen molar-refractivity contribution in [2.24, 2.45) is 0 Å². The lowest BCUT2D eigenvalue weighted by Gasteiger charge is -2.27. The molecule has 2 saturated heterocycles. The summed E-state index contributed by atoms with van der Waals surface area (Å²) in [7, 11) is 0. The summed E-state index contributed by atoms with van der Waals surface area (Å²) in [6.07, 6.45) is 1.35. The summed E-state index contributed by atoms with van der Waals surface area (Å²) in [6.45, 7) is 0.718. The standard InChI is InChI=1S/C22H19ClN2O6/c23-15-8-6-13(7-9-15)20(26)18-19(14-3-1-4-16(11-14)25(29)30)24(22(28)21(18)27)12-17-5-2-10-31-17/h1,3-4,6-9,11,17,19,26H,2,5,10,12H2/t17-,19+/m1/s1. The molecule has 2 aliphatic heterocycles. The molecule has 9 heteroatoms. The third-order valence-corrected chi connectivity index (χ3v) is 5.73.